The molecule has 2 rings (SSSR count). The Morgan fingerprint density at radius 3 is 2.53 bits per heavy atom. The molecule has 0 aliphatic carbocycles. The molecule has 0 fully saturated rings. The smallest absolute Gasteiger partial charge is 0.325 e. The molecule has 15 heavy (non-hydrogen) atoms. The van der Waals surface area contributed by atoms with Crippen LogP contribution in [0.15, 0.2) is 36.4 Å². The number of rotatable bonds is 2. The summed E-state index contributed by atoms with van der Waals surface area (Å²) in [7, 11) is 0. The number of benzene rings is 1. The van der Waals surface area contributed by atoms with Gasteiger partial charge in [-0.25, -0.2) is 0 Å². The number of nitrogens with zero attached hydrogens (tertiary/aromatic N) is 2. The molecule has 0 atom stereocenters. The van der Waals surface area contributed by atoms with E-state index in [9.17, 15) is 0 Å². The second-order valence-electron chi connectivity index (χ2n) is 2.81. The minimum atomic E-state index is 0.145. The van der Waals surface area contributed by atoms with Crippen LogP contribution in [0.5, 0.6) is 11.8 Å². The lowest BCUT2D eigenvalue weighted by atomic mass is 10.3. The summed E-state index contributed by atoms with van der Waals surface area (Å²) in [6.07, 6.45) is 0. The van der Waals surface area contributed by atoms with Gasteiger partial charge in [0.05, 0.1) is 0 Å². The van der Waals surface area contributed by atoms with E-state index in [2.05, 4.69) is 9.97 Å². The SMILES string of the molecule is Nc1cc(Cl)nc(Oc2ccccc2)n1. The van der Waals surface area contributed by atoms with Gasteiger partial charge in [-0.05, 0) is 12.1 Å². The summed E-state index contributed by atoms with van der Waals surface area (Å²) >= 11 is 5.71. The Balaban J connectivity index is 2.25. The fourth-order valence-electron chi connectivity index (χ4n) is 1.05. The van der Waals surface area contributed by atoms with Crippen molar-refractivity contribution in [2.24, 2.45) is 0 Å². The first-order valence-corrected chi connectivity index (χ1v) is 4.65. The van der Waals surface area contributed by atoms with Crippen LogP contribution in [0, 0.1) is 0 Å². The zero-order chi connectivity index (χ0) is 10.7. The highest BCUT2D eigenvalue weighted by Crippen LogP contribution is 2.19. The number of nitrogen functional groups attached to an aromatic ring is 1. The van der Waals surface area contributed by atoms with Crippen molar-refractivity contribution < 1.29 is 4.74 Å². The van der Waals surface area contributed by atoms with E-state index in [1.54, 1.807) is 12.1 Å². The van der Waals surface area contributed by atoms with Gasteiger partial charge in [-0.1, -0.05) is 29.8 Å². The van der Waals surface area contributed by atoms with Crippen molar-refractivity contribution in [1.29, 1.82) is 0 Å². The van der Waals surface area contributed by atoms with Crippen LogP contribution in [0.1, 0.15) is 0 Å². The predicted molar refractivity (Wildman–Crippen MR) is 58.0 cm³/mol. The normalized spacial score (nSPS) is 9.93. The van der Waals surface area contributed by atoms with E-state index in [4.69, 9.17) is 22.1 Å². The van der Waals surface area contributed by atoms with Crippen LogP contribution in [0.3, 0.4) is 0 Å². The first kappa shape index (κ1) is 9.73. The van der Waals surface area contributed by atoms with Crippen LogP contribution < -0.4 is 10.5 Å². The zero-order valence-electron chi connectivity index (χ0n) is 7.72. The van der Waals surface area contributed by atoms with Gasteiger partial charge in [-0.15, -0.1) is 0 Å². The third-order valence-electron chi connectivity index (χ3n) is 1.65. The maximum atomic E-state index is 5.71. The lowest BCUT2D eigenvalue weighted by molar-refractivity contribution is 0.443. The average Bonchev–Trinajstić information content (AvgIpc) is 2.17. The first-order chi connectivity index (χ1) is 7.24. The van der Waals surface area contributed by atoms with Gasteiger partial charge in [0.15, 0.2) is 0 Å². The van der Waals surface area contributed by atoms with Crippen LogP contribution in [0.25, 0.3) is 0 Å². The first-order valence-electron chi connectivity index (χ1n) is 4.27. The van der Waals surface area contributed by atoms with Crippen molar-refractivity contribution in [3.8, 4) is 11.8 Å². The molecule has 1 aromatic carbocycles. The molecule has 0 unspecified atom stereocenters. The molecule has 76 valence electrons. The Hall–Kier alpha value is -1.81. The molecule has 0 saturated carbocycles. The van der Waals surface area contributed by atoms with Crippen LogP contribution in [0.2, 0.25) is 5.15 Å². The highest BCUT2D eigenvalue weighted by Gasteiger charge is 2.02. The van der Waals surface area contributed by atoms with Crippen molar-refractivity contribution in [1.82, 2.24) is 9.97 Å². The maximum Gasteiger partial charge on any atom is 0.325 e. The molecule has 0 bridgehead atoms. The molecule has 0 radical (unpaired) electrons. The second-order valence-corrected chi connectivity index (χ2v) is 3.20. The Morgan fingerprint density at radius 1 is 1.13 bits per heavy atom. The molecule has 1 heterocycles. The van der Waals surface area contributed by atoms with Gasteiger partial charge in [-0.2, -0.15) is 9.97 Å². The predicted octanol–water partition coefficient (Wildman–Crippen LogP) is 2.50. The summed E-state index contributed by atoms with van der Waals surface area (Å²) in [5, 5.41) is 0.258. The summed E-state index contributed by atoms with van der Waals surface area (Å²) in [6, 6.07) is 10.8. The minimum absolute atomic E-state index is 0.145. The van der Waals surface area contributed by atoms with Crippen molar-refractivity contribution in [2.45, 2.75) is 0 Å². The number of para-hydroxylation sites is 1. The van der Waals surface area contributed by atoms with Crippen molar-refractivity contribution in [2.75, 3.05) is 5.73 Å². The van der Waals surface area contributed by atoms with E-state index in [1.165, 1.54) is 6.07 Å². The third kappa shape index (κ3) is 2.57. The molecule has 0 aliphatic heterocycles. The van der Waals surface area contributed by atoms with Crippen LogP contribution >= 0.6 is 11.6 Å². The van der Waals surface area contributed by atoms with Crippen LogP contribution in [-0.4, -0.2) is 9.97 Å². The molecule has 2 aromatic rings. The number of anilines is 1. The number of halogens is 1. The highest BCUT2D eigenvalue weighted by atomic mass is 35.5. The van der Waals surface area contributed by atoms with E-state index in [1.807, 2.05) is 18.2 Å². The van der Waals surface area contributed by atoms with Crippen LogP contribution in [0.4, 0.5) is 5.82 Å². The van der Waals surface area contributed by atoms with E-state index in [-0.39, 0.29) is 17.0 Å². The quantitative estimate of drug-likeness (QED) is 0.792. The van der Waals surface area contributed by atoms with Crippen LogP contribution in [-0.2, 0) is 0 Å². The zero-order valence-corrected chi connectivity index (χ0v) is 8.48. The second kappa shape index (κ2) is 4.14. The molecule has 0 spiro atoms. The Morgan fingerprint density at radius 2 is 1.87 bits per heavy atom. The monoisotopic (exact) mass is 221 g/mol. The summed E-state index contributed by atoms with van der Waals surface area (Å²) in [6.45, 7) is 0. The number of hydrogen-bond acceptors (Lipinski definition) is 4. The topological polar surface area (TPSA) is 61.0 Å². The molecule has 1 aromatic heterocycles. The van der Waals surface area contributed by atoms with Gasteiger partial charge >= 0.3 is 6.01 Å². The van der Waals surface area contributed by atoms with Gasteiger partial charge in [0, 0.05) is 6.07 Å². The summed E-state index contributed by atoms with van der Waals surface area (Å²) in [4.78, 5) is 7.77. The van der Waals surface area contributed by atoms with E-state index in [0.29, 0.717) is 5.75 Å². The maximum absolute atomic E-state index is 5.71. The fraction of sp³-hybridized carbons (Fsp3) is 0. The molecule has 0 amide bonds. The average molecular weight is 222 g/mol. The molecule has 5 heteroatoms. The lowest BCUT2D eigenvalue weighted by Crippen LogP contribution is -1.96. The van der Waals surface area contributed by atoms with Gasteiger partial charge < -0.3 is 10.5 Å². The molecule has 4 nitrogen and oxygen atoms in total. The van der Waals surface area contributed by atoms with Crippen molar-refractivity contribution >= 4 is 17.4 Å². The van der Waals surface area contributed by atoms with E-state index in [0.717, 1.165) is 0 Å². The van der Waals surface area contributed by atoms with E-state index >= 15 is 0 Å². The van der Waals surface area contributed by atoms with Crippen molar-refractivity contribution in [3.05, 3.63) is 41.6 Å². The molecular formula is C10H8ClN3O. The number of nitrogens with two attached hydrogens (primary N) is 1. The highest BCUT2D eigenvalue weighted by molar-refractivity contribution is 6.29. The van der Waals surface area contributed by atoms with Crippen molar-refractivity contribution in [3.63, 3.8) is 0 Å². The molecular weight excluding hydrogens is 214 g/mol. The standard InChI is InChI=1S/C10H8ClN3O/c11-8-6-9(12)14-10(13-8)15-7-4-2-1-3-5-7/h1-6H,(H2,12,13,14). The number of aromatic nitrogens is 2. The van der Waals surface area contributed by atoms with E-state index < -0.39 is 0 Å². The third-order valence-corrected chi connectivity index (χ3v) is 1.84. The summed E-state index contributed by atoms with van der Waals surface area (Å²) < 4.78 is 5.35. The molecule has 0 saturated heterocycles. The largest absolute Gasteiger partial charge is 0.424 e. The Kier molecular flexibility index (Phi) is 2.69. The minimum Gasteiger partial charge on any atom is -0.424 e. The van der Waals surface area contributed by atoms with Gasteiger partial charge in [0.25, 0.3) is 0 Å². The Labute approximate surface area is 91.7 Å². The fourth-order valence-corrected chi connectivity index (χ4v) is 1.24. The number of ether oxygens (including phenoxy) is 1. The van der Waals surface area contributed by atoms with Gasteiger partial charge in [0.2, 0.25) is 0 Å². The van der Waals surface area contributed by atoms with Gasteiger partial charge in [0.1, 0.15) is 16.7 Å². The number of hydrogen-bond donors (Lipinski definition) is 1. The molecule has 0 aliphatic rings. The summed E-state index contributed by atoms with van der Waals surface area (Å²) in [5.74, 6) is 0.917. The van der Waals surface area contributed by atoms with Gasteiger partial charge in [-0.3, -0.25) is 0 Å². The Bertz CT molecular complexity index is 441. The lowest BCUT2D eigenvalue weighted by Gasteiger charge is -2.03. The summed E-state index contributed by atoms with van der Waals surface area (Å²) in [5.41, 5.74) is 5.50. The molecule has 2 N–H and O–H groups in total.